The maximum atomic E-state index is 12.2. The molecule has 3 aromatic rings. The quantitative estimate of drug-likeness (QED) is 0.633. The lowest BCUT2D eigenvalue weighted by Crippen LogP contribution is -2.14. The summed E-state index contributed by atoms with van der Waals surface area (Å²) in [6.07, 6.45) is 0. The molecule has 0 aliphatic carbocycles. The molecule has 2 N–H and O–H groups in total. The number of benzene rings is 2. The number of carboxylic acid groups (broad SMARTS) is 1. The Morgan fingerprint density at radius 2 is 1.85 bits per heavy atom. The number of nitrogens with one attached hydrogen (secondary N) is 1. The molecule has 1 aromatic heterocycles. The van der Waals surface area contributed by atoms with Gasteiger partial charge in [0.05, 0.1) is 21.9 Å². The average molecular weight is 380 g/mol. The molecule has 0 saturated heterocycles. The molecular formula is C21H20N2O3S. The Labute approximate surface area is 161 Å². The van der Waals surface area contributed by atoms with E-state index in [4.69, 9.17) is 10.1 Å². The second kappa shape index (κ2) is 7.80. The van der Waals surface area contributed by atoms with Crippen LogP contribution in [-0.2, 0) is 4.79 Å². The first-order chi connectivity index (χ1) is 12.8. The Morgan fingerprint density at radius 3 is 2.59 bits per heavy atom. The molecule has 0 radical (unpaired) electrons. The summed E-state index contributed by atoms with van der Waals surface area (Å²) in [6, 6.07) is 12.4. The van der Waals surface area contributed by atoms with Crippen molar-refractivity contribution in [2.45, 2.75) is 25.8 Å². The molecule has 0 atom stereocenters. The minimum atomic E-state index is -1.03. The third-order valence-electron chi connectivity index (χ3n) is 4.18. The Morgan fingerprint density at radius 1 is 1.07 bits per heavy atom. The summed E-state index contributed by atoms with van der Waals surface area (Å²) < 4.78 is 0. The van der Waals surface area contributed by atoms with Crippen LogP contribution in [0.3, 0.4) is 0 Å². The second-order valence-corrected chi connectivity index (χ2v) is 7.47. The van der Waals surface area contributed by atoms with Gasteiger partial charge in [-0.05, 0) is 62.2 Å². The number of aryl methyl sites for hydroxylation is 3. The largest absolute Gasteiger partial charge is 0.478 e. The molecule has 1 amide bonds. The molecule has 27 heavy (non-hydrogen) atoms. The summed E-state index contributed by atoms with van der Waals surface area (Å²) >= 11 is 1.36. The summed E-state index contributed by atoms with van der Waals surface area (Å²) in [5, 5.41) is 13.7. The first-order valence-corrected chi connectivity index (χ1v) is 9.46. The molecule has 1 heterocycles. The number of carboxylic acids is 1. The van der Waals surface area contributed by atoms with Crippen molar-refractivity contribution in [3.05, 3.63) is 64.7 Å². The predicted molar refractivity (Wildman–Crippen MR) is 109 cm³/mol. The lowest BCUT2D eigenvalue weighted by molar-refractivity contribution is -0.113. The van der Waals surface area contributed by atoms with Gasteiger partial charge in [-0.25, -0.2) is 9.78 Å². The fourth-order valence-electron chi connectivity index (χ4n) is 2.95. The number of aromatic nitrogens is 1. The summed E-state index contributed by atoms with van der Waals surface area (Å²) in [5.41, 5.74) is 5.01. The number of carbonyl (C=O) groups is 2. The van der Waals surface area contributed by atoms with Crippen LogP contribution in [0, 0.1) is 20.8 Å². The zero-order valence-corrected chi connectivity index (χ0v) is 16.2. The minimum Gasteiger partial charge on any atom is -0.478 e. The van der Waals surface area contributed by atoms with Crippen LogP contribution in [0.15, 0.2) is 47.5 Å². The average Bonchev–Trinajstić information content (AvgIpc) is 2.61. The SMILES string of the molecule is Cc1cc(C)c2nc(SCC(=O)Nc3cccc(C(=O)O)c3)cc(C)c2c1. The van der Waals surface area contributed by atoms with Crippen LogP contribution < -0.4 is 5.32 Å². The molecule has 0 bridgehead atoms. The topological polar surface area (TPSA) is 79.3 Å². The predicted octanol–water partition coefficient (Wildman–Crippen LogP) is 4.59. The van der Waals surface area contributed by atoms with E-state index in [1.165, 1.54) is 29.5 Å². The molecule has 0 aliphatic rings. The lowest BCUT2D eigenvalue weighted by Gasteiger charge is -2.10. The maximum Gasteiger partial charge on any atom is 0.335 e. The molecule has 0 saturated carbocycles. The van der Waals surface area contributed by atoms with E-state index in [9.17, 15) is 9.59 Å². The third-order valence-corrected chi connectivity index (χ3v) is 5.09. The van der Waals surface area contributed by atoms with Crippen molar-refractivity contribution in [3.63, 3.8) is 0 Å². The van der Waals surface area contributed by atoms with Crippen molar-refractivity contribution in [1.29, 1.82) is 0 Å². The van der Waals surface area contributed by atoms with Crippen molar-refractivity contribution in [2.24, 2.45) is 0 Å². The Kier molecular flexibility index (Phi) is 5.46. The van der Waals surface area contributed by atoms with E-state index < -0.39 is 5.97 Å². The summed E-state index contributed by atoms with van der Waals surface area (Å²) in [5.74, 6) is -1.04. The van der Waals surface area contributed by atoms with Gasteiger partial charge in [-0.15, -0.1) is 0 Å². The van der Waals surface area contributed by atoms with Crippen molar-refractivity contribution in [1.82, 2.24) is 4.98 Å². The molecular weight excluding hydrogens is 360 g/mol. The van der Waals surface area contributed by atoms with E-state index >= 15 is 0 Å². The summed E-state index contributed by atoms with van der Waals surface area (Å²) in [6.45, 7) is 6.15. The number of thioether (sulfide) groups is 1. The highest BCUT2D eigenvalue weighted by Gasteiger charge is 2.10. The van der Waals surface area contributed by atoms with Crippen molar-refractivity contribution >= 4 is 40.2 Å². The number of fused-ring (bicyclic) bond motifs is 1. The zero-order valence-electron chi connectivity index (χ0n) is 15.4. The van der Waals surface area contributed by atoms with E-state index in [0.29, 0.717) is 5.69 Å². The van der Waals surface area contributed by atoms with Crippen LogP contribution in [0.5, 0.6) is 0 Å². The summed E-state index contributed by atoms with van der Waals surface area (Å²) in [7, 11) is 0. The van der Waals surface area contributed by atoms with Gasteiger partial charge in [-0.2, -0.15) is 0 Å². The van der Waals surface area contributed by atoms with E-state index in [2.05, 4.69) is 24.4 Å². The highest BCUT2D eigenvalue weighted by atomic mass is 32.2. The smallest absolute Gasteiger partial charge is 0.335 e. The number of aromatic carboxylic acids is 1. The number of nitrogens with zero attached hydrogens (tertiary/aromatic N) is 1. The normalized spacial score (nSPS) is 10.8. The van der Waals surface area contributed by atoms with Gasteiger partial charge in [-0.1, -0.05) is 29.5 Å². The van der Waals surface area contributed by atoms with E-state index in [1.54, 1.807) is 12.1 Å². The molecule has 5 nitrogen and oxygen atoms in total. The van der Waals surface area contributed by atoms with Crippen LogP contribution in [0.4, 0.5) is 5.69 Å². The molecule has 0 spiro atoms. The molecule has 6 heteroatoms. The maximum absolute atomic E-state index is 12.2. The van der Waals surface area contributed by atoms with E-state index in [-0.39, 0.29) is 17.2 Å². The monoisotopic (exact) mass is 380 g/mol. The zero-order chi connectivity index (χ0) is 19.6. The number of anilines is 1. The number of amides is 1. The van der Waals surface area contributed by atoms with E-state index in [1.807, 2.05) is 19.9 Å². The van der Waals surface area contributed by atoms with Crippen LogP contribution >= 0.6 is 11.8 Å². The van der Waals surface area contributed by atoms with Gasteiger partial charge in [0.1, 0.15) is 0 Å². The van der Waals surface area contributed by atoms with Crippen molar-refractivity contribution in [3.8, 4) is 0 Å². The van der Waals surface area contributed by atoms with Crippen LogP contribution in [0.1, 0.15) is 27.0 Å². The Bertz CT molecular complexity index is 1050. The number of hydrogen-bond donors (Lipinski definition) is 2. The van der Waals surface area contributed by atoms with Gasteiger partial charge in [-0.3, -0.25) is 4.79 Å². The minimum absolute atomic E-state index is 0.137. The van der Waals surface area contributed by atoms with Crippen molar-refractivity contribution < 1.29 is 14.7 Å². The van der Waals surface area contributed by atoms with Crippen LogP contribution in [0.25, 0.3) is 10.9 Å². The fourth-order valence-corrected chi connectivity index (χ4v) is 3.72. The standard InChI is InChI=1S/C21H20N2O3S/c1-12-7-14(3)20-17(8-12)13(2)9-19(23-20)27-11-18(24)22-16-6-4-5-15(10-16)21(25)26/h4-10H,11H2,1-3H3,(H,22,24)(H,25,26). The highest BCUT2D eigenvalue weighted by Crippen LogP contribution is 2.27. The molecule has 3 rings (SSSR count). The van der Waals surface area contributed by atoms with Gasteiger partial charge in [0.25, 0.3) is 0 Å². The second-order valence-electron chi connectivity index (χ2n) is 6.48. The van der Waals surface area contributed by atoms with Gasteiger partial charge in [0, 0.05) is 11.1 Å². The molecule has 138 valence electrons. The summed E-state index contributed by atoms with van der Waals surface area (Å²) in [4.78, 5) is 27.9. The fraction of sp³-hybridized carbons (Fsp3) is 0.190. The molecule has 0 fully saturated rings. The van der Waals surface area contributed by atoms with Gasteiger partial charge in [0.2, 0.25) is 5.91 Å². The van der Waals surface area contributed by atoms with Crippen LogP contribution in [0.2, 0.25) is 0 Å². The molecule has 0 aliphatic heterocycles. The molecule has 0 unspecified atom stereocenters. The number of pyridine rings is 1. The van der Waals surface area contributed by atoms with Gasteiger partial charge in [0.15, 0.2) is 0 Å². The van der Waals surface area contributed by atoms with E-state index in [0.717, 1.165) is 27.1 Å². The van der Waals surface area contributed by atoms with Gasteiger partial charge < -0.3 is 10.4 Å². The first kappa shape index (κ1) is 18.9. The number of rotatable bonds is 5. The first-order valence-electron chi connectivity index (χ1n) is 8.48. The number of hydrogen-bond acceptors (Lipinski definition) is 4. The number of carbonyl (C=O) groups excluding carboxylic acids is 1. The van der Waals surface area contributed by atoms with Crippen LogP contribution in [-0.4, -0.2) is 27.7 Å². The van der Waals surface area contributed by atoms with Crippen molar-refractivity contribution in [2.75, 3.05) is 11.1 Å². The lowest BCUT2D eigenvalue weighted by atomic mass is 10.0. The Balaban J connectivity index is 1.72. The van der Waals surface area contributed by atoms with Gasteiger partial charge >= 0.3 is 5.97 Å². The molecule has 2 aromatic carbocycles. The Hall–Kier alpha value is -2.86. The third kappa shape index (κ3) is 4.46. The highest BCUT2D eigenvalue weighted by molar-refractivity contribution is 7.99.